The first-order valence-corrected chi connectivity index (χ1v) is 8.46. The number of nitrogens with zero attached hydrogens (tertiary/aromatic N) is 1. The van der Waals surface area contributed by atoms with Crippen molar-refractivity contribution in [3.05, 3.63) is 49.6 Å². The molecule has 2 nitrogen and oxygen atoms in total. The molecule has 0 N–H and O–H groups in total. The molecule has 1 aliphatic rings. The molecule has 2 aromatic rings. The summed E-state index contributed by atoms with van der Waals surface area (Å²) >= 11 is 20.0. The number of hydrogen-bond acceptors (Lipinski definition) is 2. The summed E-state index contributed by atoms with van der Waals surface area (Å²) < 4.78 is 1.24. The highest BCUT2D eigenvalue weighted by molar-refractivity contribution is 7.20. The molecule has 1 aromatic carbocycles. The Morgan fingerprint density at radius 3 is 2.67 bits per heavy atom. The van der Waals surface area contributed by atoms with Gasteiger partial charge < -0.3 is 4.90 Å². The zero-order valence-electron chi connectivity index (χ0n) is 11.2. The monoisotopic (exact) mass is 359 g/mol. The maximum atomic E-state index is 11.7. The van der Waals surface area contributed by atoms with E-state index in [4.69, 9.17) is 34.8 Å². The number of anilines is 1. The highest BCUT2D eigenvalue weighted by atomic mass is 35.5. The first kappa shape index (κ1) is 15.2. The van der Waals surface area contributed by atoms with Crippen LogP contribution in [-0.2, 0) is 11.2 Å². The molecule has 0 saturated carbocycles. The van der Waals surface area contributed by atoms with E-state index < -0.39 is 0 Å². The average Bonchev–Trinajstić information content (AvgIpc) is 2.80. The Balaban J connectivity index is 1.97. The van der Waals surface area contributed by atoms with Crippen LogP contribution in [0.1, 0.15) is 28.5 Å². The SMILES string of the molecule is CN1C(=O)CCc2cc(C(Cl)c3cc(Cl)sc3Cl)ccc21. The molecule has 1 amide bonds. The largest absolute Gasteiger partial charge is 0.315 e. The minimum Gasteiger partial charge on any atom is -0.315 e. The average molecular weight is 361 g/mol. The fraction of sp³-hybridized carbons (Fsp3) is 0.267. The standard InChI is InChI=1S/C15H12Cl3NOS/c1-19-11-4-2-9(6-8(11)3-5-13(19)20)14(17)10-7-12(16)21-15(10)18/h2,4,6-7,14H,3,5H2,1H3. The van der Waals surface area contributed by atoms with Crippen molar-refractivity contribution in [1.29, 1.82) is 0 Å². The maximum absolute atomic E-state index is 11.7. The Morgan fingerprint density at radius 2 is 2.00 bits per heavy atom. The highest BCUT2D eigenvalue weighted by Crippen LogP contribution is 2.41. The summed E-state index contributed by atoms with van der Waals surface area (Å²) in [6, 6.07) is 7.74. The van der Waals surface area contributed by atoms with Gasteiger partial charge in [-0.2, -0.15) is 0 Å². The van der Waals surface area contributed by atoms with Gasteiger partial charge in [0.1, 0.15) is 0 Å². The highest BCUT2D eigenvalue weighted by Gasteiger charge is 2.23. The van der Waals surface area contributed by atoms with Crippen molar-refractivity contribution in [3.63, 3.8) is 0 Å². The number of aryl methyl sites for hydroxylation is 1. The molecule has 0 spiro atoms. The van der Waals surface area contributed by atoms with Crippen molar-refractivity contribution in [2.24, 2.45) is 0 Å². The number of carbonyl (C=O) groups excluding carboxylic acids is 1. The first-order valence-electron chi connectivity index (χ1n) is 6.45. The van der Waals surface area contributed by atoms with E-state index in [0.717, 1.165) is 28.8 Å². The Bertz CT molecular complexity index is 713. The van der Waals surface area contributed by atoms with Gasteiger partial charge in [0.25, 0.3) is 0 Å². The van der Waals surface area contributed by atoms with Crippen LogP contribution in [-0.4, -0.2) is 13.0 Å². The van der Waals surface area contributed by atoms with Gasteiger partial charge >= 0.3 is 0 Å². The van der Waals surface area contributed by atoms with E-state index in [9.17, 15) is 4.79 Å². The fourth-order valence-corrected chi connectivity index (χ4v) is 4.50. The van der Waals surface area contributed by atoms with E-state index >= 15 is 0 Å². The van der Waals surface area contributed by atoms with E-state index in [1.807, 2.05) is 12.1 Å². The van der Waals surface area contributed by atoms with E-state index in [2.05, 4.69) is 6.07 Å². The second-order valence-electron chi connectivity index (χ2n) is 4.98. The van der Waals surface area contributed by atoms with E-state index in [1.165, 1.54) is 11.3 Å². The van der Waals surface area contributed by atoms with Crippen LogP contribution in [0, 0.1) is 0 Å². The van der Waals surface area contributed by atoms with Crippen LogP contribution >= 0.6 is 46.1 Å². The van der Waals surface area contributed by atoms with E-state index in [-0.39, 0.29) is 11.3 Å². The molecule has 1 atom stereocenters. The smallest absolute Gasteiger partial charge is 0.227 e. The lowest BCUT2D eigenvalue weighted by Gasteiger charge is -2.26. The Kier molecular flexibility index (Phi) is 4.19. The van der Waals surface area contributed by atoms with Gasteiger partial charge in [0, 0.05) is 24.7 Å². The molecule has 0 bridgehead atoms. The van der Waals surface area contributed by atoms with Crippen molar-refractivity contribution in [3.8, 4) is 0 Å². The number of rotatable bonds is 2. The molecule has 0 saturated heterocycles. The summed E-state index contributed by atoms with van der Waals surface area (Å²) in [7, 11) is 1.80. The van der Waals surface area contributed by atoms with Crippen LogP contribution in [0.5, 0.6) is 0 Å². The fourth-order valence-electron chi connectivity index (χ4n) is 2.54. The number of fused-ring (bicyclic) bond motifs is 1. The predicted octanol–water partition coefficient (Wildman–Crippen LogP) is 5.29. The van der Waals surface area contributed by atoms with E-state index in [0.29, 0.717) is 15.1 Å². The van der Waals surface area contributed by atoms with Gasteiger partial charge in [-0.05, 0) is 29.7 Å². The number of thiophene rings is 1. The third-order valence-electron chi connectivity index (χ3n) is 3.70. The molecule has 21 heavy (non-hydrogen) atoms. The van der Waals surface area contributed by atoms with Gasteiger partial charge in [-0.1, -0.05) is 35.3 Å². The molecular formula is C15H12Cl3NOS. The number of amides is 1. The molecule has 0 fully saturated rings. The quantitative estimate of drug-likeness (QED) is 0.666. The molecule has 1 aromatic heterocycles. The van der Waals surface area contributed by atoms with Gasteiger partial charge in [-0.3, -0.25) is 4.79 Å². The van der Waals surface area contributed by atoms with Crippen LogP contribution in [0.15, 0.2) is 24.3 Å². The maximum Gasteiger partial charge on any atom is 0.227 e. The second kappa shape index (κ2) is 5.81. The number of alkyl halides is 1. The minimum absolute atomic E-state index is 0.144. The first-order chi connectivity index (χ1) is 9.97. The number of benzene rings is 1. The lowest BCUT2D eigenvalue weighted by Crippen LogP contribution is -2.31. The Labute approximate surface area is 142 Å². The zero-order chi connectivity index (χ0) is 15.1. The van der Waals surface area contributed by atoms with Crippen LogP contribution in [0.25, 0.3) is 0 Å². The third kappa shape index (κ3) is 2.80. The Hall–Kier alpha value is -0.740. The molecule has 2 heterocycles. The lowest BCUT2D eigenvalue weighted by atomic mass is 9.97. The molecular weight excluding hydrogens is 349 g/mol. The summed E-state index contributed by atoms with van der Waals surface area (Å²) in [5.74, 6) is 0.144. The number of hydrogen-bond donors (Lipinski definition) is 0. The number of halogens is 3. The zero-order valence-corrected chi connectivity index (χ0v) is 14.3. The molecule has 0 aliphatic carbocycles. The van der Waals surface area contributed by atoms with Gasteiger partial charge in [0.2, 0.25) is 5.91 Å². The molecule has 0 radical (unpaired) electrons. The van der Waals surface area contributed by atoms with Gasteiger partial charge in [0.15, 0.2) is 0 Å². The molecule has 1 unspecified atom stereocenters. The Morgan fingerprint density at radius 1 is 1.24 bits per heavy atom. The summed E-state index contributed by atoms with van der Waals surface area (Å²) in [5.41, 5.74) is 3.88. The van der Waals surface area contributed by atoms with Crippen molar-refractivity contribution in [1.82, 2.24) is 0 Å². The lowest BCUT2D eigenvalue weighted by molar-refractivity contribution is -0.118. The molecule has 3 rings (SSSR count). The predicted molar refractivity (Wildman–Crippen MR) is 90.2 cm³/mol. The van der Waals surface area contributed by atoms with Crippen LogP contribution in [0.3, 0.4) is 0 Å². The van der Waals surface area contributed by atoms with Gasteiger partial charge in [-0.25, -0.2) is 0 Å². The second-order valence-corrected chi connectivity index (χ2v) is 7.71. The summed E-state index contributed by atoms with van der Waals surface area (Å²) in [6.07, 6.45) is 1.28. The van der Waals surface area contributed by atoms with Crippen molar-refractivity contribution >= 4 is 57.7 Å². The molecule has 110 valence electrons. The van der Waals surface area contributed by atoms with Crippen molar-refractivity contribution in [2.45, 2.75) is 18.2 Å². The van der Waals surface area contributed by atoms with Crippen LogP contribution in [0.4, 0.5) is 5.69 Å². The van der Waals surface area contributed by atoms with Crippen molar-refractivity contribution in [2.75, 3.05) is 11.9 Å². The molecule has 6 heteroatoms. The summed E-state index contributed by atoms with van der Waals surface area (Å²) in [4.78, 5) is 13.4. The summed E-state index contributed by atoms with van der Waals surface area (Å²) in [6.45, 7) is 0. The van der Waals surface area contributed by atoms with E-state index in [1.54, 1.807) is 18.0 Å². The normalized spacial score (nSPS) is 16.0. The van der Waals surface area contributed by atoms with Crippen LogP contribution in [0.2, 0.25) is 8.67 Å². The third-order valence-corrected chi connectivity index (χ3v) is 5.70. The van der Waals surface area contributed by atoms with Gasteiger partial charge in [0.05, 0.1) is 14.0 Å². The van der Waals surface area contributed by atoms with Crippen LogP contribution < -0.4 is 4.90 Å². The summed E-state index contributed by atoms with van der Waals surface area (Å²) in [5, 5.41) is -0.338. The minimum atomic E-state index is -0.338. The van der Waals surface area contributed by atoms with Crippen molar-refractivity contribution < 1.29 is 4.79 Å². The molecule has 1 aliphatic heterocycles. The van der Waals surface area contributed by atoms with Gasteiger partial charge in [-0.15, -0.1) is 22.9 Å². The topological polar surface area (TPSA) is 20.3 Å². The number of carbonyl (C=O) groups is 1.